The van der Waals surface area contributed by atoms with Gasteiger partial charge < -0.3 is 9.64 Å². The van der Waals surface area contributed by atoms with Crippen LogP contribution in [-0.4, -0.2) is 61.5 Å². The summed E-state index contributed by atoms with van der Waals surface area (Å²) in [5, 5.41) is 0. The van der Waals surface area contributed by atoms with Crippen molar-refractivity contribution in [2.45, 2.75) is 39.5 Å². The van der Waals surface area contributed by atoms with Gasteiger partial charge in [-0.1, -0.05) is 6.07 Å². The molecule has 0 spiro atoms. The highest BCUT2D eigenvalue weighted by Gasteiger charge is 2.30. The number of ether oxygens (including phenoxy) is 1. The van der Waals surface area contributed by atoms with Crippen molar-refractivity contribution >= 4 is 21.6 Å². The maximum Gasteiger partial charge on any atom is 0.211 e. The van der Waals surface area contributed by atoms with Crippen LogP contribution in [0, 0.1) is 0 Å². The van der Waals surface area contributed by atoms with Gasteiger partial charge in [-0.25, -0.2) is 13.4 Å². The van der Waals surface area contributed by atoms with E-state index in [1.54, 1.807) is 10.5 Å². The quantitative estimate of drug-likeness (QED) is 0.732. The van der Waals surface area contributed by atoms with Gasteiger partial charge in [-0.15, -0.1) is 0 Å². The van der Waals surface area contributed by atoms with E-state index < -0.39 is 10.0 Å². The molecule has 0 bridgehead atoms. The number of aromatic nitrogens is 1. The second kappa shape index (κ2) is 8.00. The summed E-state index contributed by atoms with van der Waals surface area (Å²) in [4.78, 5) is 11.5. The number of benzene rings is 1. The molecule has 0 saturated carbocycles. The Morgan fingerprint density at radius 1 is 1.17 bits per heavy atom. The number of pyridine rings is 1. The van der Waals surface area contributed by atoms with Crippen molar-refractivity contribution in [3.63, 3.8) is 0 Å². The summed E-state index contributed by atoms with van der Waals surface area (Å²) in [6.07, 6.45) is 3.18. The molecule has 8 heteroatoms. The predicted octanol–water partition coefficient (Wildman–Crippen LogP) is 2.69. The number of anilines is 1. The van der Waals surface area contributed by atoms with E-state index in [0.717, 1.165) is 28.4 Å². The van der Waals surface area contributed by atoms with E-state index >= 15 is 0 Å². The largest absolute Gasteiger partial charge is 0.491 e. The third-order valence-electron chi connectivity index (χ3n) is 5.45. The van der Waals surface area contributed by atoms with E-state index in [9.17, 15) is 8.42 Å². The lowest BCUT2D eigenvalue weighted by Gasteiger charge is -2.38. The number of piperazine rings is 1. The van der Waals surface area contributed by atoms with Gasteiger partial charge in [-0.05, 0) is 50.6 Å². The molecule has 2 aliphatic rings. The van der Waals surface area contributed by atoms with Crippen LogP contribution in [0.15, 0.2) is 41.5 Å². The van der Waals surface area contributed by atoms with Crippen molar-refractivity contribution in [1.29, 1.82) is 0 Å². The number of hydrogen-bond donors (Lipinski definition) is 0. The zero-order valence-electron chi connectivity index (χ0n) is 17.9. The van der Waals surface area contributed by atoms with E-state index in [0.29, 0.717) is 26.2 Å². The molecule has 1 unspecified atom stereocenters. The average Bonchev–Trinajstić information content (AvgIpc) is 3.10. The van der Waals surface area contributed by atoms with E-state index in [1.165, 1.54) is 11.8 Å². The maximum absolute atomic E-state index is 11.9. The molecule has 7 nitrogen and oxygen atoms in total. The fourth-order valence-corrected chi connectivity index (χ4v) is 5.27. The minimum absolute atomic E-state index is 0.0977. The summed E-state index contributed by atoms with van der Waals surface area (Å²) in [6.45, 7) is 8.32. The van der Waals surface area contributed by atoms with Crippen molar-refractivity contribution < 1.29 is 13.2 Å². The minimum Gasteiger partial charge on any atom is -0.491 e. The molecule has 1 atom stereocenters. The van der Waals surface area contributed by atoms with Crippen LogP contribution < -0.4 is 9.64 Å². The zero-order valence-corrected chi connectivity index (χ0v) is 18.7. The van der Waals surface area contributed by atoms with Crippen molar-refractivity contribution in [3.05, 3.63) is 53.2 Å². The Kier molecular flexibility index (Phi) is 5.55. The average molecular weight is 429 g/mol. The molecule has 2 aromatic rings. The standard InChI is InChI=1S/C22H28N4O3S/c1-15(2)29-19-6-5-18-13-24-22(20(18)12-19)17-7-8-23-21(11-17)25-9-10-26(16(3)14-25)30(4,27)28/h5-8,11-12,15-16H,9-10,13-14H2,1-4H3. The molecule has 4 rings (SSSR count). The first-order valence-electron chi connectivity index (χ1n) is 10.2. The topological polar surface area (TPSA) is 75.1 Å². The Morgan fingerprint density at radius 3 is 2.67 bits per heavy atom. The normalized spacial score (nSPS) is 19.7. The SMILES string of the molecule is CC(C)Oc1ccc2c(c1)C(c1ccnc(N3CCN(S(C)(=O)=O)C(C)C3)c1)=NC2. The molecule has 1 saturated heterocycles. The summed E-state index contributed by atoms with van der Waals surface area (Å²) < 4.78 is 31.3. The Morgan fingerprint density at radius 2 is 1.97 bits per heavy atom. The third kappa shape index (κ3) is 4.20. The fraction of sp³-hybridized carbons (Fsp3) is 0.455. The molecule has 0 amide bonds. The highest BCUT2D eigenvalue weighted by Crippen LogP contribution is 2.29. The zero-order chi connectivity index (χ0) is 21.5. The number of hydrogen-bond acceptors (Lipinski definition) is 6. The van der Waals surface area contributed by atoms with Crippen LogP contribution in [0.3, 0.4) is 0 Å². The van der Waals surface area contributed by atoms with Crippen LogP contribution in [0.4, 0.5) is 5.82 Å². The summed E-state index contributed by atoms with van der Waals surface area (Å²) in [6, 6.07) is 10.1. The van der Waals surface area contributed by atoms with Gasteiger partial charge in [0.25, 0.3) is 0 Å². The molecule has 2 aliphatic heterocycles. The monoisotopic (exact) mass is 428 g/mol. The van der Waals surface area contributed by atoms with E-state index in [1.807, 2.05) is 39.0 Å². The summed E-state index contributed by atoms with van der Waals surface area (Å²) in [5.41, 5.74) is 4.25. The van der Waals surface area contributed by atoms with E-state index in [-0.39, 0.29) is 12.1 Å². The van der Waals surface area contributed by atoms with E-state index in [2.05, 4.69) is 22.0 Å². The van der Waals surface area contributed by atoms with Crippen LogP contribution in [0.1, 0.15) is 37.5 Å². The van der Waals surface area contributed by atoms with Gasteiger partial charge in [0, 0.05) is 43.0 Å². The van der Waals surface area contributed by atoms with Gasteiger partial charge in [-0.3, -0.25) is 4.99 Å². The molecule has 1 aromatic carbocycles. The second-order valence-corrected chi connectivity index (χ2v) is 10.2. The molecule has 0 N–H and O–H groups in total. The number of aliphatic imine (C=N–C) groups is 1. The molecule has 160 valence electrons. The molecule has 30 heavy (non-hydrogen) atoms. The summed E-state index contributed by atoms with van der Waals surface area (Å²) >= 11 is 0. The van der Waals surface area contributed by atoms with Gasteiger partial charge in [0.15, 0.2) is 0 Å². The Bertz CT molecular complexity index is 1080. The Balaban J connectivity index is 1.58. The van der Waals surface area contributed by atoms with Crippen LogP contribution in [0.25, 0.3) is 0 Å². The lowest BCUT2D eigenvalue weighted by atomic mass is 10.0. The van der Waals surface area contributed by atoms with Crippen molar-refractivity contribution in [2.24, 2.45) is 4.99 Å². The third-order valence-corrected chi connectivity index (χ3v) is 6.85. The Hall–Kier alpha value is -2.45. The number of sulfonamides is 1. The predicted molar refractivity (Wildman–Crippen MR) is 119 cm³/mol. The van der Waals surface area contributed by atoms with Gasteiger partial charge >= 0.3 is 0 Å². The van der Waals surface area contributed by atoms with E-state index in [4.69, 9.17) is 9.73 Å². The number of fused-ring (bicyclic) bond motifs is 1. The van der Waals surface area contributed by atoms with Crippen molar-refractivity contribution in [1.82, 2.24) is 9.29 Å². The molecular weight excluding hydrogens is 400 g/mol. The van der Waals surface area contributed by atoms with Crippen molar-refractivity contribution in [3.8, 4) is 5.75 Å². The lowest BCUT2D eigenvalue weighted by Crippen LogP contribution is -2.53. The smallest absolute Gasteiger partial charge is 0.211 e. The van der Waals surface area contributed by atoms with Crippen LogP contribution >= 0.6 is 0 Å². The van der Waals surface area contributed by atoms with Crippen LogP contribution in [0.5, 0.6) is 5.75 Å². The number of nitrogens with zero attached hydrogens (tertiary/aromatic N) is 4. The first kappa shape index (κ1) is 20.8. The van der Waals surface area contributed by atoms with Crippen molar-refractivity contribution in [2.75, 3.05) is 30.8 Å². The first-order chi connectivity index (χ1) is 14.2. The van der Waals surface area contributed by atoms with Gasteiger partial charge in [0.05, 0.1) is 24.6 Å². The van der Waals surface area contributed by atoms with Crippen LogP contribution in [0.2, 0.25) is 0 Å². The first-order valence-corrected chi connectivity index (χ1v) is 12.1. The molecule has 1 aromatic heterocycles. The fourth-order valence-electron chi connectivity index (χ4n) is 4.14. The molecule has 1 fully saturated rings. The highest BCUT2D eigenvalue weighted by molar-refractivity contribution is 7.88. The van der Waals surface area contributed by atoms with Crippen LogP contribution in [-0.2, 0) is 16.6 Å². The summed E-state index contributed by atoms with van der Waals surface area (Å²) in [7, 11) is -3.19. The minimum atomic E-state index is -3.19. The molecule has 0 aliphatic carbocycles. The van der Waals surface area contributed by atoms with Gasteiger partial charge in [-0.2, -0.15) is 4.31 Å². The van der Waals surface area contributed by atoms with Gasteiger partial charge in [0.1, 0.15) is 11.6 Å². The Labute approximate surface area is 178 Å². The number of rotatable bonds is 5. The molecule has 3 heterocycles. The highest BCUT2D eigenvalue weighted by atomic mass is 32.2. The maximum atomic E-state index is 11.9. The van der Waals surface area contributed by atoms with Gasteiger partial charge in [0.2, 0.25) is 10.0 Å². The second-order valence-electron chi connectivity index (χ2n) is 8.22. The summed E-state index contributed by atoms with van der Waals surface area (Å²) in [5.74, 6) is 1.69. The lowest BCUT2D eigenvalue weighted by molar-refractivity contribution is 0.242. The molecule has 0 radical (unpaired) electrons. The molecular formula is C22H28N4O3S.